The number of thiazole rings is 1. The number of aryl methyl sites for hydroxylation is 1. The first kappa shape index (κ1) is 19.7. The molecule has 0 unspecified atom stereocenters. The molecule has 0 atom stereocenters. The van der Waals surface area contributed by atoms with Crippen LogP contribution in [0.5, 0.6) is 0 Å². The first-order valence-electron chi connectivity index (χ1n) is 9.22. The summed E-state index contributed by atoms with van der Waals surface area (Å²) in [7, 11) is 0. The summed E-state index contributed by atoms with van der Waals surface area (Å²) in [5.41, 5.74) is 1.54. The van der Waals surface area contributed by atoms with Gasteiger partial charge in [-0.3, -0.25) is 14.2 Å². The predicted octanol–water partition coefficient (Wildman–Crippen LogP) is 3.04. The highest BCUT2D eigenvalue weighted by molar-refractivity contribution is 7.16. The van der Waals surface area contributed by atoms with E-state index >= 15 is 0 Å². The Labute approximate surface area is 175 Å². The molecule has 0 saturated heterocycles. The van der Waals surface area contributed by atoms with Gasteiger partial charge in [-0.15, -0.1) is 0 Å². The zero-order valence-corrected chi connectivity index (χ0v) is 16.9. The molecule has 4 rings (SSSR count). The van der Waals surface area contributed by atoms with Crippen molar-refractivity contribution in [1.82, 2.24) is 24.4 Å². The van der Waals surface area contributed by atoms with E-state index in [1.165, 1.54) is 40.4 Å². The minimum atomic E-state index is -0.348. The molecule has 152 valence electrons. The number of nitrogens with zero attached hydrogens (tertiary/aromatic N) is 4. The minimum absolute atomic E-state index is 0.229. The Balaban J connectivity index is 1.39. The molecule has 0 aliphatic carbocycles. The van der Waals surface area contributed by atoms with Crippen LogP contribution in [0.3, 0.4) is 0 Å². The number of rotatable bonds is 6. The number of benzene rings is 1. The number of nitrogens with one attached hydrogen (secondary N) is 1. The summed E-state index contributed by atoms with van der Waals surface area (Å²) in [4.78, 5) is 34.1. The second kappa shape index (κ2) is 8.42. The van der Waals surface area contributed by atoms with E-state index in [1.807, 2.05) is 29.1 Å². The molecule has 3 heterocycles. The summed E-state index contributed by atoms with van der Waals surface area (Å²) in [5.74, 6) is -0.577. The highest BCUT2D eigenvalue weighted by Crippen LogP contribution is 2.21. The maximum atomic E-state index is 13.0. The van der Waals surface area contributed by atoms with Crippen LogP contribution >= 0.6 is 11.3 Å². The Morgan fingerprint density at radius 2 is 1.93 bits per heavy atom. The van der Waals surface area contributed by atoms with Crippen LogP contribution in [0.15, 0.2) is 66.0 Å². The SMILES string of the molecule is Cc1nc(-n2cccc2)sc1C(=O)NCCn1cnc(-c2ccc(F)cc2)cc1=O. The Bertz CT molecular complexity index is 1230. The van der Waals surface area contributed by atoms with Crippen molar-refractivity contribution < 1.29 is 9.18 Å². The quantitative estimate of drug-likeness (QED) is 0.517. The van der Waals surface area contributed by atoms with Gasteiger partial charge in [-0.25, -0.2) is 14.4 Å². The van der Waals surface area contributed by atoms with Crippen molar-refractivity contribution in [3.63, 3.8) is 0 Å². The molecule has 0 radical (unpaired) electrons. The summed E-state index contributed by atoms with van der Waals surface area (Å²) in [6, 6.07) is 11.0. The zero-order valence-electron chi connectivity index (χ0n) is 16.1. The second-order valence-corrected chi connectivity index (χ2v) is 7.55. The number of hydrogen-bond acceptors (Lipinski definition) is 5. The lowest BCUT2D eigenvalue weighted by molar-refractivity contribution is 0.0955. The van der Waals surface area contributed by atoms with E-state index in [-0.39, 0.29) is 30.4 Å². The second-order valence-electron chi connectivity index (χ2n) is 6.57. The number of carbonyl (C=O) groups excluding carboxylic acids is 1. The third-order valence-electron chi connectivity index (χ3n) is 4.47. The average Bonchev–Trinajstić information content (AvgIpc) is 3.39. The first-order valence-corrected chi connectivity index (χ1v) is 10.0. The molecule has 0 saturated carbocycles. The van der Waals surface area contributed by atoms with E-state index < -0.39 is 0 Å². The van der Waals surface area contributed by atoms with E-state index in [9.17, 15) is 14.0 Å². The van der Waals surface area contributed by atoms with Crippen molar-refractivity contribution in [2.24, 2.45) is 0 Å². The van der Waals surface area contributed by atoms with E-state index in [1.54, 1.807) is 19.1 Å². The van der Waals surface area contributed by atoms with E-state index in [0.29, 0.717) is 21.8 Å². The molecule has 1 aromatic carbocycles. The highest BCUT2D eigenvalue weighted by atomic mass is 32.1. The van der Waals surface area contributed by atoms with Crippen LogP contribution in [-0.4, -0.2) is 31.6 Å². The molecule has 3 aromatic heterocycles. The van der Waals surface area contributed by atoms with Gasteiger partial charge in [-0.2, -0.15) is 0 Å². The van der Waals surface area contributed by atoms with Crippen LogP contribution in [-0.2, 0) is 6.54 Å². The lowest BCUT2D eigenvalue weighted by Crippen LogP contribution is -2.30. The fourth-order valence-corrected chi connectivity index (χ4v) is 3.86. The molecule has 0 bridgehead atoms. The Morgan fingerprint density at radius 1 is 1.20 bits per heavy atom. The standard InChI is InChI=1S/C21H18FN5O2S/c1-14-19(30-21(25-14)26-9-2-3-10-26)20(29)23-8-11-27-13-24-17(12-18(27)28)15-4-6-16(22)7-5-15/h2-7,9-10,12-13H,8,11H2,1H3,(H,23,29). The van der Waals surface area contributed by atoms with Crippen molar-refractivity contribution in [1.29, 1.82) is 0 Å². The molecule has 9 heteroatoms. The average molecular weight is 423 g/mol. The van der Waals surface area contributed by atoms with Gasteiger partial charge in [0.2, 0.25) is 0 Å². The van der Waals surface area contributed by atoms with Gasteiger partial charge in [0.25, 0.3) is 11.5 Å². The fourth-order valence-electron chi connectivity index (χ4n) is 2.91. The third kappa shape index (κ3) is 4.20. The van der Waals surface area contributed by atoms with Crippen LogP contribution in [0.2, 0.25) is 0 Å². The Hall–Kier alpha value is -3.59. The van der Waals surface area contributed by atoms with E-state index in [4.69, 9.17) is 0 Å². The molecule has 7 nitrogen and oxygen atoms in total. The molecule has 0 aliphatic heterocycles. The molecule has 30 heavy (non-hydrogen) atoms. The topological polar surface area (TPSA) is 81.8 Å². The van der Waals surface area contributed by atoms with Crippen LogP contribution in [0, 0.1) is 12.7 Å². The largest absolute Gasteiger partial charge is 0.349 e. The molecule has 0 spiro atoms. The fraction of sp³-hybridized carbons (Fsp3) is 0.143. The normalized spacial score (nSPS) is 10.9. The van der Waals surface area contributed by atoms with Gasteiger partial charge < -0.3 is 9.88 Å². The van der Waals surface area contributed by atoms with Crippen molar-refractivity contribution in [3.8, 4) is 16.4 Å². The maximum absolute atomic E-state index is 13.0. The van der Waals surface area contributed by atoms with Gasteiger partial charge in [-0.05, 0) is 43.3 Å². The minimum Gasteiger partial charge on any atom is -0.349 e. The number of carbonyl (C=O) groups is 1. The van der Waals surface area contributed by atoms with Crippen LogP contribution < -0.4 is 10.9 Å². The van der Waals surface area contributed by atoms with Gasteiger partial charge in [0, 0.05) is 37.1 Å². The van der Waals surface area contributed by atoms with Crippen LogP contribution in [0.25, 0.3) is 16.4 Å². The molecular weight excluding hydrogens is 405 g/mol. The van der Waals surface area contributed by atoms with Gasteiger partial charge in [-0.1, -0.05) is 11.3 Å². The maximum Gasteiger partial charge on any atom is 0.263 e. The summed E-state index contributed by atoms with van der Waals surface area (Å²) >= 11 is 1.31. The van der Waals surface area contributed by atoms with E-state index in [2.05, 4.69) is 15.3 Å². The molecule has 4 aromatic rings. The van der Waals surface area contributed by atoms with Crippen molar-refractivity contribution in [2.45, 2.75) is 13.5 Å². The number of hydrogen-bond donors (Lipinski definition) is 1. The predicted molar refractivity (Wildman–Crippen MR) is 112 cm³/mol. The van der Waals surface area contributed by atoms with Gasteiger partial charge >= 0.3 is 0 Å². The van der Waals surface area contributed by atoms with Crippen molar-refractivity contribution >= 4 is 17.2 Å². The Morgan fingerprint density at radius 3 is 2.63 bits per heavy atom. The number of halogens is 1. The molecule has 1 N–H and O–H groups in total. The van der Waals surface area contributed by atoms with E-state index in [0.717, 1.165) is 5.13 Å². The van der Waals surface area contributed by atoms with Crippen molar-refractivity contribution in [2.75, 3.05) is 6.54 Å². The number of amides is 1. The van der Waals surface area contributed by atoms with Crippen LogP contribution in [0.1, 0.15) is 15.4 Å². The lowest BCUT2D eigenvalue weighted by atomic mass is 10.1. The Kier molecular flexibility index (Phi) is 5.53. The monoisotopic (exact) mass is 423 g/mol. The molecule has 1 amide bonds. The first-order chi connectivity index (χ1) is 14.5. The van der Waals surface area contributed by atoms with Gasteiger partial charge in [0.05, 0.1) is 17.7 Å². The van der Waals surface area contributed by atoms with Crippen molar-refractivity contribution in [3.05, 3.63) is 87.9 Å². The smallest absolute Gasteiger partial charge is 0.263 e. The summed E-state index contributed by atoms with van der Waals surface area (Å²) in [6.07, 6.45) is 5.17. The van der Waals surface area contributed by atoms with Crippen LogP contribution in [0.4, 0.5) is 4.39 Å². The molecule has 0 aliphatic rings. The lowest BCUT2D eigenvalue weighted by Gasteiger charge is -2.08. The van der Waals surface area contributed by atoms with Gasteiger partial charge in [0.1, 0.15) is 10.7 Å². The molecular formula is C21H18FN5O2S. The summed E-state index contributed by atoms with van der Waals surface area (Å²) < 4.78 is 16.3. The highest BCUT2D eigenvalue weighted by Gasteiger charge is 2.15. The summed E-state index contributed by atoms with van der Waals surface area (Å²) in [6.45, 7) is 2.34. The number of aromatic nitrogens is 4. The third-order valence-corrected chi connectivity index (χ3v) is 5.64. The van der Waals surface area contributed by atoms with Gasteiger partial charge in [0.15, 0.2) is 5.13 Å². The molecule has 0 fully saturated rings. The zero-order chi connectivity index (χ0) is 21.1. The summed E-state index contributed by atoms with van der Waals surface area (Å²) in [5, 5.41) is 3.54.